The van der Waals surface area contributed by atoms with Crippen LogP contribution in [0.3, 0.4) is 0 Å². The molecule has 0 unspecified atom stereocenters. The van der Waals surface area contributed by atoms with E-state index in [1.165, 1.54) is 11.8 Å². The molecule has 192 valence electrons. The molecule has 0 radical (unpaired) electrons. The molecule has 7 nitrogen and oxygen atoms in total. The van der Waals surface area contributed by atoms with E-state index in [1.54, 1.807) is 17.9 Å². The quantitative estimate of drug-likeness (QED) is 0.238. The number of amidine groups is 1. The van der Waals surface area contributed by atoms with Crippen LogP contribution >= 0.6 is 27.7 Å². The molecule has 2 aromatic rings. The molecular weight excluding hydrogens is 544 g/mol. The maximum Gasteiger partial charge on any atom is 0.344 e. The summed E-state index contributed by atoms with van der Waals surface area (Å²) in [4.78, 5) is 32.2. The second-order valence-corrected chi connectivity index (χ2v) is 9.99. The first-order valence-corrected chi connectivity index (χ1v) is 13.5. The van der Waals surface area contributed by atoms with Gasteiger partial charge in [-0.2, -0.15) is 0 Å². The molecule has 1 aliphatic rings. The molecule has 1 aliphatic heterocycles. The molecule has 1 heterocycles. The number of benzene rings is 2. The third-order valence-corrected chi connectivity index (χ3v) is 6.97. The van der Waals surface area contributed by atoms with Gasteiger partial charge in [0.05, 0.1) is 28.3 Å². The number of ether oxygens (including phenoxy) is 3. The van der Waals surface area contributed by atoms with Crippen LogP contribution in [0.5, 0.6) is 11.5 Å². The summed E-state index contributed by atoms with van der Waals surface area (Å²) in [6.07, 6.45) is 2.63. The number of hydrogen-bond donors (Lipinski definition) is 0. The first kappa shape index (κ1) is 27.8. The Labute approximate surface area is 225 Å². The van der Waals surface area contributed by atoms with Crippen molar-refractivity contribution in [2.45, 2.75) is 47.1 Å². The highest BCUT2D eigenvalue weighted by atomic mass is 79.9. The Kier molecular flexibility index (Phi) is 10.0. The summed E-state index contributed by atoms with van der Waals surface area (Å²) < 4.78 is 17.0. The fraction of sp³-hybridized carbons (Fsp3) is 0.370. The van der Waals surface area contributed by atoms with Crippen molar-refractivity contribution in [2.24, 2.45) is 4.99 Å². The first-order valence-electron chi connectivity index (χ1n) is 11.9. The smallest absolute Gasteiger partial charge is 0.344 e. The van der Waals surface area contributed by atoms with Crippen molar-refractivity contribution < 1.29 is 23.8 Å². The summed E-state index contributed by atoms with van der Waals surface area (Å²) in [5.41, 5.74) is 2.71. The van der Waals surface area contributed by atoms with Gasteiger partial charge in [-0.15, -0.1) is 0 Å². The highest BCUT2D eigenvalue weighted by molar-refractivity contribution is 9.10. The Morgan fingerprint density at radius 3 is 2.50 bits per heavy atom. The van der Waals surface area contributed by atoms with Gasteiger partial charge in [0.25, 0.3) is 5.91 Å². The number of thioether (sulfide) groups is 1. The average Bonchev–Trinajstić information content (AvgIpc) is 3.14. The maximum atomic E-state index is 13.4. The standard InChI is InChI=1S/C27H31BrN2O5S/c1-6-18(5)30-26(32)23(36-27(30)29-20-11-9-17(4)10-12-20)15-19-13-21(28)25(22(14-19)33-7-2)35-16-24(31)34-8-3/h9-15,18H,6-8,16H2,1-5H3/b23-15+,29-27?/t18-/m0/s1. The minimum Gasteiger partial charge on any atom is -0.490 e. The summed E-state index contributed by atoms with van der Waals surface area (Å²) in [6.45, 7) is 10.2. The van der Waals surface area contributed by atoms with Crippen molar-refractivity contribution in [3.05, 3.63) is 56.9 Å². The van der Waals surface area contributed by atoms with E-state index in [0.29, 0.717) is 32.7 Å². The van der Waals surface area contributed by atoms with Crippen molar-refractivity contribution in [1.82, 2.24) is 4.90 Å². The van der Waals surface area contributed by atoms with E-state index in [-0.39, 0.29) is 25.2 Å². The zero-order chi connectivity index (χ0) is 26.2. The SMILES string of the molecule is CCOC(=O)COc1c(Br)cc(/C=C2/SC(=Nc3ccc(C)cc3)N([C@@H](C)CC)C2=O)cc1OCC. The molecule has 36 heavy (non-hydrogen) atoms. The van der Waals surface area contributed by atoms with Crippen molar-refractivity contribution in [1.29, 1.82) is 0 Å². The molecular formula is C27H31BrN2O5S. The molecule has 1 amide bonds. The van der Waals surface area contributed by atoms with Crippen LogP contribution in [0.1, 0.15) is 45.2 Å². The number of esters is 1. The Bertz CT molecular complexity index is 1160. The van der Waals surface area contributed by atoms with Crippen molar-refractivity contribution in [3.63, 3.8) is 0 Å². The van der Waals surface area contributed by atoms with E-state index >= 15 is 0 Å². The molecule has 1 fully saturated rings. The van der Waals surface area contributed by atoms with Crippen LogP contribution in [0.15, 0.2) is 50.8 Å². The highest BCUT2D eigenvalue weighted by Gasteiger charge is 2.36. The zero-order valence-electron chi connectivity index (χ0n) is 21.2. The number of aryl methyl sites for hydroxylation is 1. The van der Waals surface area contributed by atoms with Crippen LogP contribution < -0.4 is 9.47 Å². The molecule has 0 bridgehead atoms. The normalized spacial score (nSPS) is 16.5. The number of carbonyl (C=O) groups is 2. The van der Waals surface area contributed by atoms with Gasteiger partial charge in [-0.05, 0) is 97.7 Å². The monoisotopic (exact) mass is 574 g/mol. The molecule has 1 atom stereocenters. The van der Waals surface area contributed by atoms with Crippen LogP contribution in [0.2, 0.25) is 0 Å². The topological polar surface area (TPSA) is 77.4 Å². The van der Waals surface area contributed by atoms with E-state index in [0.717, 1.165) is 23.2 Å². The Hall–Kier alpha value is -2.78. The number of nitrogens with zero attached hydrogens (tertiary/aromatic N) is 2. The molecule has 0 saturated carbocycles. The molecule has 0 aliphatic carbocycles. The fourth-order valence-corrected chi connectivity index (χ4v) is 5.09. The lowest BCUT2D eigenvalue weighted by Gasteiger charge is -2.22. The molecule has 2 aromatic carbocycles. The number of rotatable bonds is 10. The lowest BCUT2D eigenvalue weighted by molar-refractivity contribution is -0.145. The van der Waals surface area contributed by atoms with Crippen molar-refractivity contribution in [3.8, 4) is 11.5 Å². The van der Waals surface area contributed by atoms with Gasteiger partial charge in [-0.1, -0.05) is 24.6 Å². The van der Waals surface area contributed by atoms with E-state index in [4.69, 9.17) is 19.2 Å². The maximum absolute atomic E-state index is 13.4. The van der Waals surface area contributed by atoms with E-state index in [9.17, 15) is 9.59 Å². The molecule has 0 spiro atoms. The minimum absolute atomic E-state index is 0.00414. The summed E-state index contributed by atoms with van der Waals surface area (Å²) in [5, 5.41) is 0.656. The van der Waals surface area contributed by atoms with Crippen LogP contribution in [-0.2, 0) is 14.3 Å². The summed E-state index contributed by atoms with van der Waals surface area (Å²) in [7, 11) is 0. The molecule has 0 aromatic heterocycles. The van der Waals surface area contributed by atoms with Gasteiger partial charge in [0.2, 0.25) is 0 Å². The van der Waals surface area contributed by atoms with E-state index in [1.807, 2.05) is 64.1 Å². The van der Waals surface area contributed by atoms with Crippen molar-refractivity contribution in [2.75, 3.05) is 19.8 Å². The van der Waals surface area contributed by atoms with Crippen molar-refractivity contribution >= 4 is 56.5 Å². The summed E-state index contributed by atoms with van der Waals surface area (Å²) in [5.74, 6) is 0.319. The van der Waals surface area contributed by atoms with Gasteiger partial charge in [0.1, 0.15) is 0 Å². The largest absolute Gasteiger partial charge is 0.490 e. The number of hydrogen-bond acceptors (Lipinski definition) is 7. The number of carbonyl (C=O) groups excluding carboxylic acids is 2. The van der Waals surface area contributed by atoms with Crippen LogP contribution in [-0.4, -0.2) is 47.8 Å². The van der Waals surface area contributed by atoms with Gasteiger partial charge in [-0.3, -0.25) is 9.69 Å². The van der Waals surface area contributed by atoms with E-state index in [2.05, 4.69) is 15.9 Å². The minimum atomic E-state index is -0.462. The lowest BCUT2D eigenvalue weighted by atomic mass is 10.1. The van der Waals surface area contributed by atoms with Crippen LogP contribution in [0, 0.1) is 6.92 Å². The predicted octanol–water partition coefficient (Wildman–Crippen LogP) is 6.50. The Balaban J connectivity index is 1.94. The second-order valence-electron chi connectivity index (χ2n) is 8.13. The predicted molar refractivity (Wildman–Crippen MR) is 148 cm³/mol. The molecule has 9 heteroatoms. The van der Waals surface area contributed by atoms with Gasteiger partial charge in [0.15, 0.2) is 23.3 Å². The number of aliphatic imine (C=N–C) groups is 1. The summed E-state index contributed by atoms with van der Waals surface area (Å²) >= 11 is 4.87. The van der Waals surface area contributed by atoms with Crippen LogP contribution in [0.4, 0.5) is 5.69 Å². The number of halogens is 1. The number of amides is 1. The van der Waals surface area contributed by atoms with Gasteiger partial charge < -0.3 is 14.2 Å². The molecule has 1 saturated heterocycles. The first-order chi connectivity index (χ1) is 17.3. The molecule has 3 rings (SSSR count). The second kappa shape index (κ2) is 13.0. The average molecular weight is 576 g/mol. The third-order valence-electron chi connectivity index (χ3n) is 5.40. The van der Waals surface area contributed by atoms with Gasteiger partial charge >= 0.3 is 5.97 Å². The lowest BCUT2D eigenvalue weighted by Crippen LogP contribution is -2.36. The fourth-order valence-electron chi connectivity index (χ4n) is 3.43. The van der Waals surface area contributed by atoms with Gasteiger partial charge in [0, 0.05) is 6.04 Å². The zero-order valence-corrected chi connectivity index (χ0v) is 23.6. The third kappa shape index (κ3) is 6.91. The highest BCUT2D eigenvalue weighted by Crippen LogP contribution is 2.40. The summed E-state index contributed by atoms with van der Waals surface area (Å²) in [6, 6.07) is 11.5. The van der Waals surface area contributed by atoms with Crippen LogP contribution in [0.25, 0.3) is 6.08 Å². The Morgan fingerprint density at radius 2 is 1.86 bits per heavy atom. The van der Waals surface area contributed by atoms with Gasteiger partial charge in [-0.25, -0.2) is 9.79 Å². The molecule has 0 N–H and O–H groups in total. The van der Waals surface area contributed by atoms with E-state index < -0.39 is 5.97 Å². The Morgan fingerprint density at radius 1 is 1.14 bits per heavy atom.